The third-order valence-corrected chi connectivity index (χ3v) is 2.52. The topological polar surface area (TPSA) is 108 Å². The van der Waals surface area contributed by atoms with E-state index in [1.165, 1.54) is 18.2 Å². The predicted octanol–water partition coefficient (Wildman–Crippen LogP) is 1.79. The zero-order valence-electron chi connectivity index (χ0n) is 11.5. The molecule has 0 saturated carbocycles. The van der Waals surface area contributed by atoms with Crippen LogP contribution in [0.4, 0.5) is 11.4 Å². The molecule has 1 rings (SSSR count). The van der Waals surface area contributed by atoms with Gasteiger partial charge in [0.05, 0.1) is 16.6 Å². The number of carbonyl (C=O) groups excluding carboxylic acids is 1. The van der Waals surface area contributed by atoms with Gasteiger partial charge in [-0.05, 0) is 32.9 Å². The summed E-state index contributed by atoms with van der Waals surface area (Å²) in [6.07, 6.45) is 0. The number of nitrogens with zero attached hydrogens (tertiary/aromatic N) is 2. The van der Waals surface area contributed by atoms with Crippen LogP contribution in [0.15, 0.2) is 18.2 Å². The first-order chi connectivity index (χ1) is 9.35. The molecule has 1 aromatic rings. The van der Waals surface area contributed by atoms with Crippen molar-refractivity contribution in [1.29, 1.82) is 5.26 Å². The largest absolute Gasteiger partial charge is 0.368 e. The van der Waals surface area contributed by atoms with Crippen molar-refractivity contribution in [2.75, 3.05) is 5.32 Å². The third kappa shape index (κ3) is 3.95. The van der Waals surface area contributed by atoms with Crippen LogP contribution in [0.5, 0.6) is 0 Å². The Kier molecular flexibility index (Phi) is 5.03. The van der Waals surface area contributed by atoms with Crippen LogP contribution in [-0.2, 0) is 4.79 Å². The lowest BCUT2D eigenvalue weighted by Crippen LogP contribution is -2.41. The minimum Gasteiger partial charge on any atom is -0.368 e. The molecule has 0 aliphatic heterocycles. The van der Waals surface area contributed by atoms with Crippen molar-refractivity contribution in [1.82, 2.24) is 5.32 Å². The number of amides is 1. The molecule has 1 atom stereocenters. The Morgan fingerprint density at radius 3 is 2.55 bits per heavy atom. The Morgan fingerprint density at radius 1 is 1.40 bits per heavy atom. The lowest BCUT2D eigenvalue weighted by atomic mass is 10.1. The summed E-state index contributed by atoms with van der Waals surface area (Å²) in [6, 6.07) is 5.20. The van der Waals surface area contributed by atoms with Gasteiger partial charge in [0.25, 0.3) is 5.69 Å². The first-order valence-electron chi connectivity index (χ1n) is 6.10. The molecular weight excluding hydrogens is 260 g/mol. The summed E-state index contributed by atoms with van der Waals surface area (Å²) >= 11 is 0. The Labute approximate surface area is 116 Å². The van der Waals surface area contributed by atoms with E-state index in [4.69, 9.17) is 5.26 Å². The minimum atomic E-state index is -0.648. The number of rotatable bonds is 5. The highest BCUT2D eigenvalue weighted by Crippen LogP contribution is 2.25. The highest BCUT2D eigenvalue weighted by Gasteiger charge is 2.19. The SMILES string of the molecule is CC(C)NC(=O)C(C)Nc1cc(C#N)ccc1[N+](=O)[O-]. The molecule has 2 N–H and O–H groups in total. The summed E-state index contributed by atoms with van der Waals surface area (Å²) in [5.41, 5.74) is 0.267. The Bertz CT molecular complexity index is 563. The Balaban J connectivity index is 2.98. The molecule has 1 amide bonds. The molecular formula is C13H16N4O3. The highest BCUT2D eigenvalue weighted by atomic mass is 16.6. The van der Waals surface area contributed by atoms with Gasteiger partial charge in [-0.25, -0.2) is 0 Å². The predicted molar refractivity (Wildman–Crippen MR) is 74.2 cm³/mol. The van der Waals surface area contributed by atoms with Gasteiger partial charge in [0, 0.05) is 12.1 Å². The number of nitrogens with one attached hydrogen (secondary N) is 2. The summed E-state index contributed by atoms with van der Waals surface area (Å²) in [6.45, 7) is 5.24. The van der Waals surface area contributed by atoms with Crippen LogP contribution < -0.4 is 10.6 Å². The van der Waals surface area contributed by atoms with E-state index in [1.54, 1.807) is 6.92 Å². The number of anilines is 1. The Morgan fingerprint density at radius 2 is 2.05 bits per heavy atom. The van der Waals surface area contributed by atoms with E-state index in [9.17, 15) is 14.9 Å². The van der Waals surface area contributed by atoms with Crippen LogP contribution in [0.1, 0.15) is 26.3 Å². The number of nitro groups is 1. The number of hydrogen-bond donors (Lipinski definition) is 2. The fraction of sp³-hybridized carbons (Fsp3) is 0.385. The molecule has 0 fully saturated rings. The fourth-order valence-electron chi connectivity index (χ4n) is 1.59. The van der Waals surface area contributed by atoms with Crippen molar-refractivity contribution in [2.24, 2.45) is 0 Å². The van der Waals surface area contributed by atoms with E-state index in [2.05, 4.69) is 10.6 Å². The van der Waals surface area contributed by atoms with Crippen LogP contribution in [0, 0.1) is 21.4 Å². The first-order valence-corrected chi connectivity index (χ1v) is 6.10. The average molecular weight is 276 g/mol. The molecule has 7 nitrogen and oxygen atoms in total. The number of carbonyl (C=O) groups is 1. The summed E-state index contributed by atoms with van der Waals surface area (Å²) < 4.78 is 0. The minimum absolute atomic E-state index is 0.0211. The summed E-state index contributed by atoms with van der Waals surface area (Å²) in [5, 5.41) is 25.2. The van der Waals surface area contributed by atoms with E-state index in [0.29, 0.717) is 0 Å². The molecule has 1 unspecified atom stereocenters. The summed E-state index contributed by atoms with van der Waals surface area (Å²) in [5.74, 6) is -0.267. The van der Waals surface area contributed by atoms with Gasteiger partial charge in [-0.1, -0.05) is 0 Å². The zero-order valence-corrected chi connectivity index (χ0v) is 11.5. The average Bonchev–Trinajstić information content (AvgIpc) is 2.37. The lowest BCUT2D eigenvalue weighted by molar-refractivity contribution is -0.384. The van der Waals surface area contributed by atoms with Crippen LogP contribution in [0.3, 0.4) is 0 Å². The summed E-state index contributed by atoms with van der Waals surface area (Å²) in [7, 11) is 0. The second kappa shape index (κ2) is 6.52. The van der Waals surface area contributed by atoms with Crippen LogP contribution in [-0.4, -0.2) is 22.9 Å². The van der Waals surface area contributed by atoms with Gasteiger partial charge in [0.2, 0.25) is 5.91 Å². The molecule has 0 heterocycles. The molecule has 0 aromatic heterocycles. The second-order valence-corrected chi connectivity index (χ2v) is 4.63. The molecule has 1 aromatic carbocycles. The molecule has 106 valence electrons. The van der Waals surface area contributed by atoms with Crippen molar-refractivity contribution >= 4 is 17.3 Å². The van der Waals surface area contributed by atoms with Gasteiger partial charge in [-0.2, -0.15) is 5.26 Å². The molecule has 0 aliphatic rings. The molecule has 0 bridgehead atoms. The van der Waals surface area contributed by atoms with Gasteiger partial charge < -0.3 is 10.6 Å². The van der Waals surface area contributed by atoms with Gasteiger partial charge >= 0.3 is 0 Å². The first kappa shape index (κ1) is 15.4. The normalized spacial score (nSPS) is 11.6. The van der Waals surface area contributed by atoms with E-state index in [1.807, 2.05) is 19.9 Å². The molecule has 0 radical (unpaired) electrons. The van der Waals surface area contributed by atoms with Crippen molar-refractivity contribution in [3.63, 3.8) is 0 Å². The van der Waals surface area contributed by atoms with Crippen molar-refractivity contribution in [2.45, 2.75) is 32.9 Å². The van der Waals surface area contributed by atoms with Gasteiger partial charge in [0.1, 0.15) is 11.7 Å². The molecule has 0 spiro atoms. The smallest absolute Gasteiger partial charge is 0.292 e. The van der Waals surface area contributed by atoms with E-state index in [0.717, 1.165) is 0 Å². The monoisotopic (exact) mass is 276 g/mol. The number of nitriles is 1. The lowest BCUT2D eigenvalue weighted by Gasteiger charge is -2.17. The molecule has 20 heavy (non-hydrogen) atoms. The maximum Gasteiger partial charge on any atom is 0.292 e. The van der Waals surface area contributed by atoms with Crippen molar-refractivity contribution in [3.05, 3.63) is 33.9 Å². The second-order valence-electron chi connectivity index (χ2n) is 4.63. The van der Waals surface area contributed by atoms with Gasteiger partial charge in [0.15, 0.2) is 0 Å². The third-order valence-electron chi connectivity index (χ3n) is 2.52. The fourth-order valence-corrected chi connectivity index (χ4v) is 1.59. The van der Waals surface area contributed by atoms with Crippen LogP contribution >= 0.6 is 0 Å². The van der Waals surface area contributed by atoms with Crippen molar-refractivity contribution < 1.29 is 9.72 Å². The van der Waals surface area contributed by atoms with Gasteiger partial charge in [-0.15, -0.1) is 0 Å². The van der Waals surface area contributed by atoms with Crippen molar-refractivity contribution in [3.8, 4) is 6.07 Å². The van der Waals surface area contributed by atoms with Gasteiger partial charge in [-0.3, -0.25) is 14.9 Å². The maximum atomic E-state index is 11.8. The zero-order chi connectivity index (χ0) is 15.3. The molecule has 0 aliphatic carbocycles. The standard InChI is InChI=1S/C13H16N4O3/c1-8(2)15-13(18)9(3)16-11-6-10(7-14)4-5-12(11)17(19)20/h4-6,8-9,16H,1-3H3,(H,15,18). The highest BCUT2D eigenvalue weighted by molar-refractivity contribution is 5.85. The van der Waals surface area contributed by atoms with E-state index < -0.39 is 11.0 Å². The van der Waals surface area contributed by atoms with E-state index in [-0.39, 0.29) is 28.9 Å². The number of benzene rings is 1. The molecule has 7 heteroatoms. The quantitative estimate of drug-likeness (QED) is 0.629. The number of nitro benzene ring substituents is 1. The van der Waals surface area contributed by atoms with Crippen LogP contribution in [0.2, 0.25) is 0 Å². The maximum absolute atomic E-state index is 11.8. The van der Waals surface area contributed by atoms with E-state index >= 15 is 0 Å². The molecule has 0 saturated heterocycles. The number of hydrogen-bond acceptors (Lipinski definition) is 5. The Hall–Kier alpha value is -2.62. The summed E-state index contributed by atoms with van der Waals surface area (Å²) in [4.78, 5) is 22.2. The van der Waals surface area contributed by atoms with Crippen LogP contribution in [0.25, 0.3) is 0 Å².